The van der Waals surface area contributed by atoms with Crippen molar-refractivity contribution in [1.29, 1.82) is 0 Å². The molecule has 0 aliphatic heterocycles. The molecule has 0 bridgehead atoms. The SMILES string of the molecule is C=C(C)[C@@H]1CC[C@]2(c3nccn3C)CC[C@]3(C)[C@H](CC[C@@H]4[C@@]5(C)CC=C(c6ccc(C(=O)O)cc6)C(C)(C)[C@@H]5CC[C@]43C)[C@@H]12. The molecule has 0 amide bonds. The van der Waals surface area contributed by atoms with E-state index in [1.807, 2.05) is 18.3 Å². The number of hydrogen-bond acceptors (Lipinski definition) is 2. The fourth-order valence-corrected chi connectivity index (χ4v) is 13.3. The molecule has 4 saturated carbocycles. The van der Waals surface area contributed by atoms with Crippen LogP contribution in [0.25, 0.3) is 5.57 Å². The number of aryl methyl sites for hydroxylation is 1. The second-order valence-corrected chi connectivity index (χ2v) is 17.1. The molecule has 0 spiro atoms. The van der Waals surface area contributed by atoms with Crippen LogP contribution in [0.2, 0.25) is 0 Å². The van der Waals surface area contributed by atoms with Gasteiger partial charge >= 0.3 is 5.97 Å². The minimum Gasteiger partial charge on any atom is -0.478 e. The normalized spacial score (nSPS) is 42.3. The van der Waals surface area contributed by atoms with Crippen LogP contribution in [-0.4, -0.2) is 20.6 Å². The van der Waals surface area contributed by atoms with E-state index in [0.717, 1.165) is 6.42 Å². The fourth-order valence-electron chi connectivity index (χ4n) is 13.3. The molecule has 0 unspecified atom stereocenters. The van der Waals surface area contributed by atoms with Gasteiger partial charge in [-0.2, -0.15) is 0 Å². The second-order valence-electron chi connectivity index (χ2n) is 17.1. The summed E-state index contributed by atoms with van der Waals surface area (Å²) in [6.07, 6.45) is 18.1. The maximum atomic E-state index is 11.5. The highest BCUT2D eigenvalue weighted by atomic mass is 16.4. The first kappa shape index (κ1) is 30.1. The average Bonchev–Trinajstić information content (AvgIpc) is 3.57. The molecule has 9 atom stereocenters. The molecule has 1 aromatic heterocycles. The van der Waals surface area contributed by atoms with E-state index in [0.29, 0.717) is 46.0 Å². The summed E-state index contributed by atoms with van der Waals surface area (Å²) in [4.78, 5) is 16.6. The van der Waals surface area contributed by atoms with Gasteiger partial charge in [0.15, 0.2) is 0 Å². The van der Waals surface area contributed by atoms with E-state index in [9.17, 15) is 9.90 Å². The van der Waals surface area contributed by atoms with Gasteiger partial charge in [0.05, 0.1) is 5.56 Å². The van der Waals surface area contributed by atoms with Crippen LogP contribution in [0.1, 0.15) is 121 Å². The van der Waals surface area contributed by atoms with Crippen LogP contribution in [0.15, 0.2) is 54.9 Å². The first-order valence-electron chi connectivity index (χ1n) is 17.4. The molecule has 5 aliphatic rings. The lowest BCUT2D eigenvalue weighted by molar-refractivity contribution is -0.219. The van der Waals surface area contributed by atoms with Crippen molar-refractivity contribution in [3.05, 3.63) is 71.8 Å². The van der Waals surface area contributed by atoms with Gasteiger partial charge < -0.3 is 9.67 Å². The summed E-state index contributed by atoms with van der Waals surface area (Å²) in [5.41, 5.74) is 5.44. The quantitative estimate of drug-likeness (QED) is 0.359. The summed E-state index contributed by atoms with van der Waals surface area (Å²) < 4.78 is 2.33. The Labute approximate surface area is 265 Å². The number of rotatable bonds is 4. The summed E-state index contributed by atoms with van der Waals surface area (Å²) in [5, 5.41) is 9.46. The molecule has 1 N–H and O–H groups in total. The Morgan fingerprint density at radius 2 is 1.66 bits per heavy atom. The highest BCUT2D eigenvalue weighted by Crippen LogP contribution is 2.77. The topological polar surface area (TPSA) is 55.1 Å². The molecule has 0 radical (unpaired) electrons. The van der Waals surface area contributed by atoms with Gasteiger partial charge in [-0.25, -0.2) is 9.78 Å². The predicted molar refractivity (Wildman–Crippen MR) is 178 cm³/mol. The molecule has 236 valence electrons. The van der Waals surface area contributed by atoms with Gasteiger partial charge in [0.25, 0.3) is 0 Å². The summed E-state index contributed by atoms with van der Waals surface area (Å²) in [6.45, 7) is 19.9. The Morgan fingerprint density at radius 3 is 2.30 bits per heavy atom. The van der Waals surface area contributed by atoms with E-state index in [1.54, 1.807) is 12.1 Å². The maximum Gasteiger partial charge on any atom is 0.335 e. The van der Waals surface area contributed by atoms with Crippen molar-refractivity contribution in [2.45, 2.75) is 105 Å². The van der Waals surface area contributed by atoms with E-state index < -0.39 is 5.97 Å². The number of aromatic carboxylic acids is 1. The van der Waals surface area contributed by atoms with E-state index >= 15 is 0 Å². The number of nitrogens with zero attached hydrogens (tertiary/aromatic N) is 2. The molecular weight excluding hydrogens is 540 g/mol. The van der Waals surface area contributed by atoms with E-state index in [1.165, 1.54) is 73.9 Å². The Bertz CT molecular complexity index is 1530. The van der Waals surface area contributed by atoms with Gasteiger partial charge in [-0.15, -0.1) is 0 Å². The Balaban J connectivity index is 1.26. The number of aromatic nitrogens is 2. The molecule has 1 aromatic carbocycles. The average molecular weight is 595 g/mol. The monoisotopic (exact) mass is 594 g/mol. The van der Waals surface area contributed by atoms with Crippen molar-refractivity contribution in [2.24, 2.45) is 58.3 Å². The zero-order chi connectivity index (χ0) is 31.4. The van der Waals surface area contributed by atoms with Gasteiger partial charge in [-0.1, -0.05) is 65.0 Å². The number of carboxylic acid groups (broad SMARTS) is 1. The van der Waals surface area contributed by atoms with Crippen LogP contribution in [-0.2, 0) is 12.5 Å². The van der Waals surface area contributed by atoms with Gasteiger partial charge in [-0.05, 0) is 139 Å². The maximum absolute atomic E-state index is 11.5. The van der Waals surface area contributed by atoms with E-state index in [-0.39, 0.29) is 16.2 Å². The Morgan fingerprint density at radius 1 is 0.932 bits per heavy atom. The third kappa shape index (κ3) is 3.75. The van der Waals surface area contributed by atoms with Crippen molar-refractivity contribution >= 4 is 11.5 Å². The summed E-state index contributed by atoms with van der Waals surface area (Å²) in [5.74, 6) is 3.71. The first-order valence-corrected chi connectivity index (χ1v) is 17.4. The predicted octanol–water partition coefficient (Wildman–Crippen LogP) is 9.72. The van der Waals surface area contributed by atoms with Gasteiger partial charge in [0.2, 0.25) is 0 Å². The molecule has 0 saturated heterocycles. The molecule has 44 heavy (non-hydrogen) atoms. The summed E-state index contributed by atoms with van der Waals surface area (Å²) >= 11 is 0. The lowest BCUT2D eigenvalue weighted by atomic mass is 9.32. The van der Waals surface area contributed by atoms with Gasteiger partial charge in [0, 0.05) is 24.9 Å². The van der Waals surface area contributed by atoms with Crippen LogP contribution in [0, 0.1) is 51.2 Å². The third-order valence-electron chi connectivity index (χ3n) is 15.4. The zero-order valence-electron chi connectivity index (χ0n) is 28.2. The largest absolute Gasteiger partial charge is 0.478 e. The molecule has 2 aromatic rings. The first-order chi connectivity index (χ1) is 20.7. The van der Waals surface area contributed by atoms with E-state index in [4.69, 9.17) is 4.98 Å². The lowest BCUT2D eigenvalue weighted by Crippen LogP contribution is -2.65. The fraction of sp³-hybridized carbons (Fsp3) is 0.650. The van der Waals surface area contributed by atoms with Crippen molar-refractivity contribution in [2.75, 3.05) is 0 Å². The number of imidazole rings is 1. The smallest absolute Gasteiger partial charge is 0.335 e. The summed E-state index contributed by atoms with van der Waals surface area (Å²) in [7, 11) is 2.21. The van der Waals surface area contributed by atoms with Crippen LogP contribution in [0.5, 0.6) is 0 Å². The van der Waals surface area contributed by atoms with Crippen LogP contribution >= 0.6 is 0 Å². The van der Waals surface area contributed by atoms with E-state index in [2.05, 4.69) is 72.0 Å². The highest BCUT2D eigenvalue weighted by Gasteiger charge is 2.71. The highest BCUT2D eigenvalue weighted by molar-refractivity contribution is 5.88. The molecule has 1 heterocycles. The third-order valence-corrected chi connectivity index (χ3v) is 15.4. The number of carboxylic acids is 1. The van der Waals surface area contributed by atoms with Crippen LogP contribution in [0.4, 0.5) is 0 Å². The minimum atomic E-state index is -0.858. The number of benzene rings is 1. The molecular formula is C40H54N2O2. The number of fused-ring (bicyclic) bond motifs is 7. The standard InChI is InChI=1S/C40H54N2O2/c1-25(2)28-15-20-40(35-41-23-24-42(35)8)22-21-38(6)30(33(28)40)13-14-32-37(5)18-16-29(26-9-11-27(12-10-26)34(43)44)36(3,4)31(37)17-19-39(32,38)7/h9-12,16,23-24,28,30-33H,1,13-15,17-22H2,2-8H3,(H,43,44)/t28-,30+,31-,32+,33+,37-,38+,39+,40-/m0/s1. The lowest BCUT2D eigenvalue weighted by Gasteiger charge is -2.72. The van der Waals surface area contributed by atoms with Gasteiger partial charge in [0.1, 0.15) is 5.82 Å². The zero-order valence-corrected chi connectivity index (χ0v) is 28.2. The van der Waals surface area contributed by atoms with Crippen LogP contribution < -0.4 is 0 Å². The molecule has 4 heteroatoms. The molecule has 7 rings (SSSR count). The number of hydrogen-bond donors (Lipinski definition) is 1. The molecule has 4 fully saturated rings. The van der Waals surface area contributed by atoms with Crippen molar-refractivity contribution in [3.8, 4) is 0 Å². The molecule has 4 nitrogen and oxygen atoms in total. The Hall–Kier alpha value is -2.62. The van der Waals surface area contributed by atoms with Crippen molar-refractivity contribution in [3.63, 3.8) is 0 Å². The second kappa shape index (κ2) is 9.69. The van der Waals surface area contributed by atoms with Crippen LogP contribution in [0.3, 0.4) is 0 Å². The minimum absolute atomic E-state index is 0.0350. The van der Waals surface area contributed by atoms with Crippen molar-refractivity contribution in [1.82, 2.24) is 9.55 Å². The van der Waals surface area contributed by atoms with Crippen molar-refractivity contribution < 1.29 is 9.90 Å². The Kier molecular flexibility index (Phi) is 6.62. The number of carbonyl (C=O) groups is 1. The van der Waals surface area contributed by atoms with Gasteiger partial charge in [-0.3, -0.25) is 0 Å². The summed E-state index contributed by atoms with van der Waals surface area (Å²) in [6, 6.07) is 7.62. The molecule has 5 aliphatic carbocycles. The number of allylic oxidation sites excluding steroid dienone is 3.